The fraction of sp³-hybridized carbons (Fsp3) is 0.200. The van der Waals surface area contributed by atoms with E-state index in [0.717, 1.165) is 39.1 Å². The predicted molar refractivity (Wildman–Crippen MR) is 59.1 cm³/mol. The van der Waals surface area contributed by atoms with Crippen molar-refractivity contribution in [2.24, 2.45) is 5.73 Å². The van der Waals surface area contributed by atoms with E-state index in [-0.39, 0.29) is 0 Å². The average Bonchev–Trinajstić information content (AvgIpc) is 2.12. The Kier molecular flexibility index (Phi) is 2.04. The Morgan fingerprint density at radius 2 is 2.00 bits per heavy atom. The Hall–Kier alpha value is -0.960. The Morgan fingerprint density at radius 3 is 2.69 bits per heavy atom. The number of rotatable bonds is 0. The number of hydrogen-bond donors (Lipinski definition) is 2. The molecule has 0 saturated carbocycles. The highest BCUT2D eigenvalue weighted by Crippen LogP contribution is 2.09. The number of benzene rings is 1. The van der Waals surface area contributed by atoms with E-state index in [9.17, 15) is 0 Å². The summed E-state index contributed by atoms with van der Waals surface area (Å²) in [6.07, 6.45) is 4.08. The zero-order valence-electron chi connectivity index (χ0n) is 7.18. The van der Waals surface area contributed by atoms with E-state index in [4.69, 9.17) is 11.5 Å². The lowest BCUT2D eigenvalue weighted by molar-refractivity contribution is 1.05. The average molecular weight is 239 g/mol. The summed E-state index contributed by atoms with van der Waals surface area (Å²) in [4.78, 5) is 0. The standard InChI is InChI=1S/C10H11BrN2/c11-7-4-5-9(13)10-6(7)2-1-3-8(10)12/h2,4-5H,1,3,12-13H2. The molecule has 0 amide bonds. The third-order valence-electron chi connectivity index (χ3n) is 2.31. The first-order chi connectivity index (χ1) is 6.20. The van der Waals surface area contributed by atoms with Crippen molar-refractivity contribution >= 4 is 33.4 Å². The number of nitrogen functional groups attached to an aromatic ring is 1. The summed E-state index contributed by atoms with van der Waals surface area (Å²) in [5.41, 5.74) is 13.4. The largest absolute Gasteiger partial charge is 0.401 e. The van der Waals surface area contributed by atoms with Gasteiger partial charge in [0.15, 0.2) is 0 Å². The molecule has 1 aliphatic rings. The molecule has 13 heavy (non-hydrogen) atoms. The monoisotopic (exact) mass is 238 g/mol. The molecule has 0 radical (unpaired) electrons. The molecular formula is C10H11BrN2. The highest BCUT2D eigenvalue weighted by Gasteiger charge is 2.05. The summed E-state index contributed by atoms with van der Waals surface area (Å²) in [5, 5.41) is 2.16. The van der Waals surface area contributed by atoms with Crippen molar-refractivity contribution in [2.45, 2.75) is 12.8 Å². The highest BCUT2D eigenvalue weighted by atomic mass is 79.9. The van der Waals surface area contributed by atoms with Crippen LogP contribution in [0.15, 0.2) is 16.6 Å². The minimum atomic E-state index is 0.770. The van der Waals surface area contributed by atoms with Gasteiger partial charge >= 0.3 is 0 Å². The Labute approximate surface area is 85.1 Å². The van der Waals surface area contributed by atoms with Crippen molar-refractivity contribution in [3.63, 3.8) is 0 Å². The van der Waals surface area contributed by atoms with Gasteiger partial charge in [-0.15, -0.1) is 0 Å². The van der Waals surface area contributed by atoms with E-state index in [0.29, 0.717) is 0 Å². The molecule has 1 aromatic carbocycles. The van der Waals surface area contributed by atoms with E-state index < -0.39 is 0 Å². The molecule has 3 heteroatoms. The van der Waals surface area contributed by atoms with Gasteiger partial charge in [0.1, 0.15) is 0 Å². The fourth-order valence-corrected chi connectivity index (χ4v) is 2.16. The van der Waals surface area contributed by atoms with Crippen LogP contribution in [0.5, 0.6) is 0 Å². The van der Waals surface area contributed by atoms with Gasteiger partial charge in [0, 0.05) is 21.1 Å². The lowest BCUT2D eigenvalue weighted by Gasteiger charge is -2.09. The van der Waals surface area contributed by atoms with Crippen LogP contribution in [0.3, 0.4) is 0 Å². The second-order valence-electron chi connectivity index (χ2n) is 3.19. The molecule has 1 aromatic rings. The molecule has 0 spiro atoms. The van der Waals surface area contributed by atoms with E-state index >= 15 is 0 Å². The van der Waals surface area contributed by atoms with Gasteiger partial charge in [-0.05, 0) is 30.2 Å². The maximum absolute atomic E-state index is 5.91. The van der Waals surface area contributed by atoms with Crippen LogP contribution >= 0.6 is 15.9 Å². The molecule has 2 rings (SSSR count). The Balaban J connectivity index is 2.99. The van der Waals surface area contributed by atoms with E-state index in [1.54, 1.807) is 0 Å². The third-order valence-corrected chi connectivity index (χ3v) is 3.00. The smallest absolute Gasteiger partial charge is 0.0411 e. The first kappa shape index (κ1) is 8.63. The second kappa shape index (κ2) is 3.07. The zero-order valence-corrected chi connectivity index (χ0v) is 8.76. The SMILES string of the molecule is NC1=c2c(N)ccc(Br)c2=CCC1. The van der Waals surface area contributed by atoms with Crippen LogP contribution in [-0.4, -0.2) is 0 Å². The van der Waals surface area contributed by atoms with Gasteiger partial charge < -0.3 is 11.5 Å². The zero-order chi connectivity index (χ0) is 9.42. The maximum atomic E-state index is 5.91. The summed E-state index contributed by atoms with van der Waals surface area (Å²) in [5.74, 6) is 0. The van der Waals surface area contributed by atoms with Crippen molar-refractivity contribution < 1.29 is 0 Å². The van der Waals surface area contributed by atoms with Gasteiger partial charge in [0.2, 0.25) is 0 Å². The molecule has 0 heterocycles. The molecule has 0 saturated heterocycles. The number of nitrogens with two attached hydrogens (primary N) is 2. The van der Waals surface area contributed by atoms with E-state index in [2.05, 4.69) is 22.0 Å². The molecule has 0 bridgehead atoms. The summed E-state index contributed by atoms with van der Waals surface area (Å²) in [6, 6.07) is 3.85. The molecule has 68 valence electrons. The van der Waals surface area contributed by atoms with Crippen LogP contribution in [0.2, 0.25) is 0 Å². The number of hydrogen-bond acceptors (Lipinski definition) is 2. The number of anilines is 1. The summed E-state index contributed by atoms with van der Waals surface area (Å²) in [6.45, 7) is 0. The molecule has 0 unspecified atom stereocenters. The van der Waals surface area contributed by atoms with Crippen molar-refractivity contribution in [3.8, 4) is 0 Å². The van der Waals surface area contributed by atoms with Crippen LogP contribution in [0.4, 0.5) is 5.69 Å². The third kappa shape index (κ3) is 1.33. The maximum Gasteiger partial charge on any atom is 0.0411 e. The number of fused-ring (bicyclic) bond motifs is 1. The molecule has 0 aromatic heterocycles. The van der Waals surface area contributed by atoms with Crippen molar-refractivity contribution in [1.82, 2.24) is 0 Å². The van der Waals surface area contributed by atoms with Crippen LogP contribution in [0, 0.1) is 0 Å². The van der Waals surface area contributed by atoms with Crippen molar-refractivity contribution in [1.29, 1.82) is 0 Å². The van der Waals surface area contributed by atoms with Crippen molar-refractivity contribution in [2.75, 3.05) is 5.73 Å². The van der Waals surface area contributed by atoms with Gasteiger partial charge in [-0.25, -0.2) is 0 Å². The summed E-state index contributed by atoms with van der Waals surface area (Å²) >= 11 is 3.49. The summed E-state index contributed by atoms with van der Waals surface area (Å²) < 4.78 is 1.07. The quantitative estimate of drug-likeness (QED) is 0.654. The first-order valence-corrected chi connectivity index (χ1v) is 5.02. The van der Waals surface area contributed by atoms with Gasteiger partial charge in [0.25, 0.3) is 0 Å². The number of halogens is 1. The van der Waals surface area contributed by atoms with E-state index in [1.165, 1.54) is 0 Å². The molecular weight excluding hydrogens is 228 g/mol. The molecule has 0 aliphatic heterocycles. The van der Waals surface area contributed by atoms with Gasteiger partial charge in [-0.3, -0.25) is 0 Å². The first-order valence-electron chi connectivity index (χ1n) is 4.23. The molecule has 0 fully saturated rings. The molecule has 2 nitrogen and oxygen atoms in total. The predicted octanol–water partition coefficient (Wildman–Crippen LogP) is 0.672. The van der Waals surface area contributed by atoms with Crippen LogP contribution in [0.1, 0.15) is 12.8 Å². The Morgan fingerprint density at radius 1 is 1.23 bits per heavy atom. The van der Waals surface area contributed by atoms with Crippen LogP contribution in [-0.2, 0) is 0 Å². The van der Waals surface area contributed by atoms with Crippen molar-refractivity contribution in [3.05, 3.63) is 27.0 Å². The lowest BCUT2D eigenvalue weighted by Crippen LogP contribution is -2.35. The lowest BCUT2D eigenvalue weighted by atomic mass is 10.0. The molecule has 0 atom stereocenters. The minimum Gasteiger partial charge on any atom is -0.401 e. The normalized spacial score (nSPS) is 15.0. The molecule has 1 aliphatic carbocycles. The highest BCUT2D eigenvalue weighted by molar-refractivity contribution is 9.10. The van der Waals surface area contributed by atoms with Gasteiger partial charge in [0.05, 0.1) is 0 Å². The topological polar surface area (TPSA) is 52.0 Å². The second-order valence-corrected chi connectivity index (χ2v) is 4.05. The minimum absolute atomic E-state index is 0.770. The van der Waals surface area contributed by atoms with E-state index in [1.807, 2.05) is 12.1 Å². The van der Waals surface area contributed by atoms with Gasteiger partial charge in [-0.1, -0.05) is 22.0 Å². The van der Waals surface area contributed by atoms with Gasteiger partial charge in [-0.2, -0.15) is 0 Å². The summed E-state index contributed by atoms with van der Waals surface area (Å²) in [7, 11) is 0. The Bertz CT molecular complexity index is 463. The fourth-order valence-electron chi connectivity index (χ4n) is 1.67. The van der Waals surface area contributed by atoms with Crippen LogP contribution in [0.25, 0.3) is 11.8 Å². The van der Waals surface area contributed by atoms with Crippen LogP contribution < -0.4 is 21.9 Å². The molecule has 4 N–H and O–H groups in total.